The predicted molar refractivity (Wildman–Crippen MR) is 57.0 cm³/mol. The lowest BCUT2D eigenvalue weighted by atomic mass is 10.5. The molecule has 0 aliphatic carbocycles. The number of aromatic nitrogens is 2. The van der Waals surface area contributed by atoms with Crippen molar-refractivity contribution < 1.29 is 22.9 Å². The summed E-state index contributed by atoms with van der Waals surface area (Å²) < 4.78 is 36.9. The maximum Gasteiger partial charge on any atom is 0.343 e. The van der Waals surface area contributed by atoms with Crippen molar-refractivity contribution in [2.75, 3.05) is 6.54 Å². The van der Waals surface area contributed by atoms with E-state index in [-0.39, 0.29) is 5.82 Å². The fourth-order valence-electron chi connectivity index (χ4n) is 1.24. The molecule has 1 rings (SSSR count). The van der Waals surface area contributed by atoms with E-state index in [4.69, 9.17) is 0 Å². The summed E-state index contributed by atoms with van der Waals surface area (Å²) in [6.45, 7) is -0.0476. The Morgan fingerprint density at radius 3 is 2.68 bits per heavy atom. The molecule has 7 nitrogen and oxygen atoms in total. The summed E-state index contributed by atoms with van der Waals surface area (Å²) in [7, 11) is 0. The van der Waals surface area contributed by atoms with Crippen molar-refractivity contribution in [1.29, 1.82) is 0 Å². The van der Waals surface area contributed by atoms with Gasteiger partial charge in [-0.05, 0) is 4.92 Å². The second-order valence-corrected chi connectivity index (χ2v) is 3.45. The van der Waals surface area contributed by atoms with Crippen LogP contribution in [-0.2, 0) is 11.3 Å². The van der Waals surface area contributed by atoms with Gasteiger partial charge < -0.3 is 15.4 Å². The van der Waals surface area contributed by atoms with Crippen molar-refractivity contribution in [1.82, 2.24) is 14.9 Å². The molecule has 1 aromatic heterocycles. The van der Waals surface area contributed by atoms with Crippen LogP contribution in [0.15, 0.2) is 18.1 Å². The highest BCUT2D eigenvalue weighted by atomic mass is 19.3. The van der Waals surface area contributed by atoms with Gasteiger partial charge in [0.15, 0.2) is 18.2 Å². The van der Waals surface area contributed by atoms with Crippen molar-refractivity contribution >= 4 is 11.7 Å². The molecule has 1 heterocycles. The summed E-state index contributed by atoms with van der Waals surface area (Å²) >= 11 is 0. The van der Waals surface area contributed by atoms with E-state index >= 15 is 0 Å². The minimum atomic E-state index is -2.52. The van der Waals surface area contributed by atoms with E-state index in [0.29, 0.717) is 0 Å². The van der Waals surface area contributed by atoms with Gasteiger partial charge >= 0.3 is 11.9 Å². The monoisotopic (exact) mass is 278 g/mol. The van der Waals surface area contributed by atoms with Gasteiger partial charge in [-0.25, -0.2) is 13.9 Å². The first-order valence-corrected chi connectivity index (χ1v) is 4.95. The Kier molecular flexibility index (Phi) is 4.62. The van der Waals surface area contributed by atoms with Crippen LogP contribution in [0.5, 0.6) is 0 Å². The number of nitrogens with zero attached hydrogens (tertiary/aromatic N) is 3. The summed E-state index contributed by atoms with van der Waals surface area (Å²) in [6, 6.07) is 0. The van der Waals surface area contributed by atoms with Crippen molar-refractivity contribution in [3.63, 3.8) is 0 Å². The van der Waals surface area contributed by atoms with Crippen molar-refractivity contribution in [2.45, 2.75) is 13.5 Å². The zero-order valence-electron chi connectivity index (χ0n) is 9.69. The molecule has 0 aliphatic rings. The number of nitrogens with one attached hydrogen (secondary N) is 1. The first-order valence-electron chi connectivity index (χ1n) is 4.95. The van der Waals surface area contributed by atoms with Crippen LogP contribution in [0.2, 0.25) is 0 Å². The Labute approximate surface area is 104 Å². The molecule has 0 aliphatic heterocycles. The summed E-state index contributed by atoms with van der Waals surface area (Å²) in [5.74, 6) is -2.82. The molecule has 0 saturated heterocycles. The van der Waals surface area contributed by atoms with Gasteiger partial charge in [0.05, 0.1) is 6.54 Å². The molecule has 0 saturated carbocycles. The number of carbonyl (C=O) groups is 1. The molecule has 0 aromatic carbocycles. The average molecular weight is 278 g/mol. The predicted octanol–water partition coefficient (Wildman–Crippen LogP) is 1.29. The summed E-state index contributed by atoms with van der Waals surface area (Å²) in [5.41, 5.74) is 0. The largest absolute Gasteiger partial charge is 0.358 e. The number of halogens is 3. The van der Waals surface area contributed by atoms with Gasteiger partial charge in [0.1, 0.15) is 6.20 Å². The van der Waals surface area contributed by atoms with Crippen LogP contribution in [0, 0.1) is 17.0 Å². The Bertz CT molecular complexity index is 537. The van der Waals surface area contributed by atoms with E-state index in [1.54, 1.807) is 0 Å². The van der Waals surface area contributed by atoms with Crippen LogP contribution >= 0.6 is 0 Å². The summed E-state index contributed by atoms with van der Waals surface area (Å²) in [6.07, 6.45) is -1.56. The molecular weight excluding hydrogens is 269 g/mol. The van der Waals surface area contributed by atoms with Crippen LogP contribution in [0.3, 0.4) is 0 Å². The summed E-state index contributed by atoms with van der Waals surface area (Å²) in [4.78, 5) is 24.9. The van der Waals surface area contributed by atoms with Gasteiger partial charge in [-0.1, -0.05) is 0 Å². The van der Waals surface area contributed by atoms with E-state index in [1.165, 1.54) is 6.92 Å². The fourth-order valence-corrected chi connectivity index (χ4v) is 1.24. The third kappa shape index (κ3) is 3.79. The number of hydrogen-bond donors (Lipinski definition) is 1. The SMILES string of the molecule is Cc1ncc([N+](=O)[O-])n1CC(=O)NCC(F)=C(F)F. The van der Waals surface area contributed by atoms with Crippen LogP contribution in [0.25, 0.3) is 0 Å². The van der Waals surface area contributed by atoms with Crippen molar-refractivity contribution in [3.8, 4) is 0 Å². The number of rotatable bonds is 5. The van der Waals surface area contributed by atoms with E-state index in [1.807, 2.05) is 5.32 Å². The standard InChI is InChI=1S/C9H9F3N4O3/c1-5-13-3-8(16(18)19)15(5)4-7(17)14-2-6(10)9(11)12/h3H,2,4H2,1H3,(H,14,17). The van der Waals surface area contributed by atoms with E-state index < -0.39 is 41.6 Å². The number of amides is 1. The molecule has 1 N–H and O–H groups in total. The zero-order valence-corrected chi connectivity index (χ0v) is 9.69. The highest BCUT2D eigenvalue weighted by Gasteiger charge is 2.20. The van der Waals surface area contributed by atoms with Gasteiger partial charge in [0.25, 0.3) is 5.91 Å². The van der Waals surface area contributed by atoms with Gasteiger partial charge in [-0.15, -0.1) is 0 Å². The van der Waals surface area contributed by atoms with E-state index in [0.717, 1.165) is 10.8 Å². The number of imidazole rings is 1. The van der Waals surface area contributed by atoms with Crippen LogP contribution in [-0.4, -0.2) is 26.9 Å². The average Bonchev–Trinajstić information content (AvgIpc) is 2.68. The number of carbonyl (C=O) groups excluding carboxylic acids is 1. The number of hydrogen-bond acceptors (Lipinski definition) is 4. The second-order valence-electron chi connectivity index (χ2n) is 3.45. The topological polar surface area (TPSA) is 90.1 Å². The molecule has 1 amide bonds. The Morgan fingerprint density at radius 2 is 2.16 bits per heavy atom. The third-order valence-corrected chi connectivity index (χ3v) is 2.17. The lowest BCUT2D eigenvalue weighted by Gasteiger charge is -2.04. The van der Waals surface area contributed by atoms with Gasteiger partial charge in [0, 0.05) is 6.92 Å². The first-order chi connectivity index (χ1) is 8.82. The van der Waals surface area contributed by atoms with Crippen LogP contribution in [0.1, 0.15) is 5.82 Å². The quantitative estimate of drug-likeness (QED) is 0.649. The molecule has 0 unspecified atom stereocenters. The van der Waals surface area contributed by atoms with E-state index in [2.05, 4.69) is 4.98 Å². The maximum absolute atomic E-state index is 12.4. The molecule has 19 heavy (non-hydrogen) atoms. The molecule has 0 fully saturated rings. The smallest absolute Gasteiger partial charge is 0.343 e. The van der Waals surface area contributed by atoms with Crippen molar-refractivity contribution in [2.24, 2.45) is 0 Å². The lowest BCUT2D eigenvalue weighted by molar-refractivity contribution is -0.392. The highest BCUT2D eigenvalue weighted by molar-refractivity contribution is 5.76. The molecule has 0 radical (unpaired) electrons. The molecular formula is C9H9F3N4O3. The molecule has 0 bridgehead atoms. The molecule has 1 aromatic rings. The lowest BCUT2D eigenvalue weighted by Crippen LogP contribution is -2.29. The third-order valence-electron chi connectivity index (χ3n) is 2.17. The normalized spacial score (nSPS) is 10.1. The molecule has 0 atom stereocenters. The fraction of sp³-hybridized carbons (Fsp3) is 0.333. The minimum absolute atomic E-state index is 0.203. The summed E-state index contributed by atoms with van der Waals surface area (Å²) in [5, 5.41) is 12.5. The zero-order chi connectivity index (χ0) is 14.6. The Hall–Kier alpha value is -2.39. The van der Waals surface area contributed by atoms with Crippen LogP contribution < -0.4 is 5.32 Å². The van der Waals surface area contributed by atoms with Crippen molar-refractivity contribution in [3.05, 3.63) is 34.0 Å². The Morgan fingerprint density at radius 1 is 1.53 bits per heavy atom. The van der Waals surface area contributed by atoms with E-state index in [9.17, 15) is 28.1 Å². The Balaban J connectivity index is 2.70. The van der Waals surface area contributed by atoms with Crippen LogP contribution in [0.4, 0.5) is 19.0 Å². The number of nitro groups is 1. The molecule has 10 heteroatoms. The first kappa shape index (κ1) is 14.7. The molecule has 0 spiro atoms. The van der Waals surface area contributed by atoms with Gasteiger partial charge in [-0.2, -0.15) is 8.78 Å². The minimum Gasteiger partial charge on any atom is -0.358 e. The second kappa shape index (κ2) is 5.98. The van der Waals surface area contributed by atoms with Gasteiger partial charge in [0.2, 0.25) is 0 Å². The number of aryl methyl sites for hydroxylation is 1. The maximum atomic E-state index is 12.4. The molecule has 104 valence electrons. The van der Waals surface area contributed by atoms with Gasteiger partial charge in [-0.3, -0.25) is 4.79 Å². The highest BCUT2D eigenvalue weighted by Crippen LogP contribution is 2.13.